The Balaban J connectivity index is 1.73. The fourth-order valence-corrected chi connectivity index (χ4v) is 3.15. The predicted molar refractivity (Wildman–Crippen MR) is 73.6 cm³/mol. The number of nitrogens with one attached hydrogen (secondary N) is 2. The molecule has 0 bridgehead atoms. The minimum absolute atomic E-state index is 0.136. The van der Waals surface area contributed by atoms with E-state index >= 15 is 0 Å². The highest BCUT2D eigenvalue weighted by atomic mass is 16.2. The summed E-state index contributed by atoms with van der Waals surface area (Å²) in [5.41, 5.74) is 0. The van der Waals surface area contributed by atoms with Gasteiger partial charge in [0.05, 0.1) is 0 Å². The number of hydrogen-bond acceptors (Lipinski definition) is 2. The molecule has 0 aromatic carbocycles. The SMILES string of the molecule is CCC1CCCNC1CNC(=O)N1CCCCC1. The number of carbonyl (C=O) groups is 1. The van der Waals surface area contributed by atoms with E-state index in [1.807, 2.05) is 4.90 Å². The van der Waals surface area contributed by atoms with E-state index in [1.54, 1.807) is 0 Å². The molecule has 0 radical (unpaired) electrons. The van der Waals surface area contributed by atoms with Gasteiger partial charge in [0.2, 0.25) is 0 Å². The second kappa shape index (κ2) is 6.98. The molecule has 2 amide bonds. The Bertz CT molecular complexity index is 264. The summed E-state index contributed by atoms with van der Waals surface area (Å²) in [7, 11) is 0. The van der Waals surface area contributed by atoms with E-state index in [0.717, 1.165) is 44.9 Å². The van der Waals surface area contributed by atoms with E-state index in [4.69, 9.17) is 0 Å². The fourth-order valence-electron chi connectivity index (χ4n) is 3.15. The maximum absolute atomic E-state index is 12.0. The monoisotopic (exact) mass is 253 g/mol. The van der Waals surface area contributed by atoms with Crippen LogP contribution in [0.15, 0.2) is 0 Å². The molecule has 2 atom stereocenters. The van der Waals surface area contributed by atoms with Gasteiger partial charge in [0, 0.05) is 25.7 Å². The molecule has 2 rings (SSSR count). The largest absolute Gasteiger partial charge is 0.336 e. The van der Waals surface area contributed by atoms with E-state index < -0.39 is 0 Å². The standard InChI is InChI=1S/C14H27N3O/c1-2-12-7-6-8-15-13(12)11-16-14(18)17-9-4-3-5-10-17/h12-13,15H,2-11H2,1H3,(H,16,18). The van der Waals surface area contributed by atoms with Crippen LogP contribution in [0.3, 0.4) is 0 Å². The van der Waals surface area contributed by atoms with Gasteiger partial charge >= 0.3 is 6.03 Å². The third-order valence-corrected chi connectivity index (χ3v) is 4.37. The molecule has 2 aliphatic rings. The van der Waals surface area contributed by atoms with Gasteiger partial charge in [-0.05, 0) is 44.6 Å². The van der Waals surface area contributed by atoms with Crippen molar-refractivity contribution in [1.82, 2.24) is 15.5 Å². The van der Waals surface area contributed by atoms with Gasteiger partial charge in [-0.25, -0.2) is 4.79 Å². The number of piperidine rings is 2. The highest BCUT2D eigenvalue weighted by Gasteiger charge is 2.24. The molecular formula is C14H27N3O. The highest BCUT2D eigenvalue weighted by molar-refractivity contribution is 5.74. The first kappa shape index (κ1) is 13.7. The average molecular weight is 253 g/mol. The first-order valence-electron chi connectivity index (χ1n) is 7.57. The van der Waals surface area contributed by atoms with E-state index in [9.17, 15) is 4.79 Å². The fraction of sp³-hybridized carbons (Fsp3) is 0.929. The molecule has 2 saturated heterocycles. The van der Waals surface area contributed by atoms with Crippen molar-refractivity contribution < 1.29 is 4.79 Å². The van der Waals surface area contributed by atoms with Crippen LogP contribution in [0.5, 0.6) is 0 Å². The zero-order valence-electron chi connectivity index (χ0n) is 11.6. The molecule has 0 aromatic rings. The Morgan fingerprint density at radius 3 is 2.78 bits per heavy atom. The second-order valence-electron chi connectivity index (χ2n) is 5.60. The maximum atomic E-state index is 12.0. The average Bonchev–Trinajstić information content (AvgIpc) is 2.46. The van der Waals surface area contributed by atoms with Crippen molar-refractivity contribution in [3.05, 3.63) is 0 Å². The van der Waals surface area contributed by atoms with Crippen molar-refractivity contribution in [3.8, 4) is 0 Å². The summed E-state index contributed by atoms with van der Waals surface area (Å²) in [6.45, 7) is 5.99. The molecule has 0 aliphatic carbocycles. The normalized spacial score (nSPS) is 29.1. The molecule has 0 spiro atoms. The smallest absolute Gasteiger partial charge is 0.317 e. The number of carbonyl (C=O) groups excluding carboxylic acids is 1. The summed E-state index contributed by atoms with van der Waals surface area (Å²) < 4.78 is 0. The predicted octanol–water partition coefficient (Wildman–Crippen LogP) is 1.96. The molecule has 0 aromatic heterocycles. The third kappa shape index (κ3) is 3.61. The highest BCUT2D eigenvalue weighted by Crippen LogP contribution is 2.19. The number of likely N-dealkylation sites (tertiary alicyclic amines) is 1. The summed E-state index contributed by atoms with van der Waals surface area (Å²) in [6.07, 6.45) is 7.37. The Morgan fingerprint density at radius 1 is 1.28 bits per heavy atom. The molecule has 2 heterocycles. The Hall–Kier alpha value is -0.770. The molecular weight excluding hydrogens is 226 g/mol. The van der Waals surface area contributed by atoms with Crippen molar-refractivity contribution in [1.29, 1.82) is 0 Å². The van der Waals surface area contributed by atoms with E-state index in [2.05, 4.69) is 17.6 Å². The summed E-state index contributed by atoms with van der Waals surface area (Å²) in [4.78, 5) is 14.0. The molecule has 2 fully saturated rings. The topological polar surface area (TPSA) is 44.4 Å². The van der Waals surface area contributed by atoms with Crippen LogP contribution in [-0.2, 0) is 0 Å². The van der Waals surface area contributed by atoms with Crippen molar-refractivity contribution in [3.63, 3.8) is 0 Å². The summed E-state index contributed by atoms with van der Waals surface area (Å²) >= 11 is 0. The van der Waals surface area contributed by atoms with Crippen LogP contribution < -0.4 is 10.6 Å². The first-order valence-corrected chi connectivity index (χ1v) is 7.57. The van der Waals surface area contributed by atoms with Gasteiger partial charge in [-0.1, -0.05) is 13.3 Å². The minimum atomic E-state index is 0.136. The zero-order valence-corrected chi connectivity index (χ0v) is 11.6. The van der Waals surface area contributed by atoms with Crippen LogP contribution in [0, 0.1) is 5.92 Å². The van der Waals surface area contributed by atoms with E-state index in [1.165, 1.54) is 25.7 Å². The van der Waals surface area contributed by atoms with Crippen LogP contribution >= 0.6 is 0 Å². The maximum Gasteiger partial charge on any atom is 0.317 e. The van der Waals surface area contributed by atoms with Crippen molar-refractivity contribution in [2.75, 3.05) is 26.2 Å². The first-order chi connectivity index (χ1) is 8.81. The third-order valence-electron chi connectivity index (χ3n) is 4.37. The van der Waals surface area contributed by atoms with Crippen LogP contribution in [0.25, 0.3) is 0 Å². The lowest BCUT2D eigenvalue weighted by atomic mass is 9.89. The Kier molecular flexibility index (Phi) is 5.29. The van der Waals surface area contributed by atoms with Gasteiger partial charge in [-0.2, -0.15) is 0 Å². The van der Waals surface area contributed by atoms with Gasteiger partial charge in [-0.15, -0.1) is 0 Å². The molecule has 18 heavy (non-hydrogen) atoms. The summed E-state index contributed by atoms with van der Waals surface area (Å²) in [5.74, 6) is 0.723. The van der Waals surface area contributed by atoms with Crippen LogP contribution in [0.2, 0.25) is 0 Å². The lowest BCUT2D eigenvalue weighted by molar-refractivity contribution is 0.181. The second-order valence-corrected chi connectivity index (χ2v) is 5.60. The molecule has 2 aliphatic heterocycles. The minimum Gasteiger partial charge on any atom is -0.336 e. The lowest BCUT2D eigenvalue weighted by Crippen LogP contribution is -2.51. The van der Waals surface area contributed by atoms with Crippen molar-refractivity contribution >= 4 is 6.03 Å². The van der Waals surface area contributed by atoms with Crippen molar-refractivity contribution in [2.24, 2.45) is 5.92 Å². The van der Waals surface area contributed by atoms with Gasteiger partial charge in [-0.3, -0.25) is 0 Å². The van der Waals surface area contributed by atoms with Crippen LogP contribution in [0.1, 0.15) is 45.4 Å². The lowest BCUT2D eigenvalue weighted by Gasteiger charge is -2.33. The van der Waals surface area contributed by atoms with E-state index in [0.29, 0.717) is 6.04 Å². The Morgan fingerprint density at radius 2 is 2.06 bits per heavy atom. The van der Waals surface area contributed by atoms with Gasteiger partial charge in [0.25, 0.3) is 0 Å². The summed E-state index contributed by atoms with van der Waals surface area (Å²) in [5, 5.41) is 6.66. The molecule has 2 N–H and O–H groups in total. The molecule has 4 heteroatoms. The van der Waals surface area contributed by atoms with Crippen LogP contribution in [-0.4, -0.2) is 43.2 Å². The van der Waals surface area contributed by atoms with Gasteiger partial charge in [0.1, 0.15) is 0 Å². The van der Waals surface area contributed by atoms with Crippen LogP contribution in [0.4, 0.5) is 4.79 Å². The zero-order chi connectivity index (χ0) is 12.8. The number of rotatable bonds is 3. The molecule has 104 valence electrons. The van der Waals surface area contributed by atoms with Gasteiger partial charge in [0.15, 0.2) is 0 Å². The number of urea groups is 1. The van der Waals surface area contributed by atoms with Crippen molar-refractivity contribution in [2.45, 2.75) is 51.5 Å². The number of nitrogens with zero attached hydrogens (tertiary/aromatic N) is 1. The summed E-state index contributed by atoms with van der Waals surface area (Å²) in [6, 6.07) is 0.606. The van der Waals surface area contributed by atoms with E-state index in [-0.39, 0.29) is 6.03 Å². The number of hydrogen-bond donors (Lipinski definition) is 2. The molecule has 2 unspecified atom stereocenters. The number of amides is 2. The molecule has 4 nitrogen and oxygen atoms in total. The molecule has 0 saturated carbocycles. The van der Waals surface area contributed by atoms with Gasteiger partial charge < -0.3 is 15.5 Å². The Labute approximate surface area is 110 Å². The quantitative estimate of drug-likeness (QED) is 0.807.